The second kappa shape index (κ2) is 6.70. The number of fused-ring (bicyclic) bond motifs is 1. The van der Waals surface area contributed by atoms with Gasteiger partial charge >= 0.3 is 0 Å². The van der Waals surface area contributed by atoms with E-state index in [1.165, 1.54) is 30.5 Å². The minimum atomic E-state index is -3.83. The third-order valence-electron chi connectivity index (χ3n) is 3.29. The summed E-state index contributed by atoms with van der Waals surface area (Å²) in [7, 11) is -3.83. The number of nitrogens with zero attached hydrogens (tertiary/aromatic N) is 1. The Labute approximate surface area is 144 Å². The molecule has 1 aliphatic rings. The van der Waals surface area contributed by atoms with Crippen LogP contribution in [0.3, 0.4) is 0 Å². The van der Waals surface area contributed by atoms with Gasteiger partial charge in [0.25, 0.3) is 10.0 Å². The maximum absolute atomic E-state index is 12.4. The summed E-state index contributed by atoms with van der Waals surface area (Å²) in [6.45, 7) is 0.796. The van der Waals surface area contributed by atoms with Gasteiger partial charge in [-0.25, -0.2) is 13.4 Å². The molecule has 0 radical (unpaired) electrons. The van der Waals surface area contributed by atoms with Crippen molar-refractivity contribution in [2.45, 2.75) is 4.90 Å². The van der Waals surface area contributed by atoms with Crippen LogP contribution in [0.2, 0.25) is 0 Å². The van der Waals surface area contributed by atoms with Gasteiger partial charge in [0.05, 0.1) is 10.6 Å². The molecule has 3 rings (SSSR count). The van der Waals surface area contributed by atoms with Gasteiger partial charge < -0.3 is 9.47 Å². The predicted molar refractivity (Wildman–Crippen MR) is 90.7 cm³/mol. The lowest BCUT2D eigenvalue weighted by Crippen LogP contribution is -2.17. The zero-order valence-electron chi connectivity index (χ0n) is 12.4. The van der Waals surface area contributed by atoms with E-state index in [4.69, 9.17) is 9.47 Å². The molecule has 0 saturated heterocycles. The molecule has 7 nitrogen and oxygen atoms in total. The van der Waals surface area contributed by atoms with Crippen molar-refractivity contribution in [1.29, 1.82) is 0 Å². The van der Waals surface area contributed by atoms with Gasteiger partial charge in [0.1, 0.15) is 19.0 Å². The number of ether oxygens (including phenoxy) is 2. The average Bonchev–Trinajstić information content (AvgIpc) is 2.61. The summed E-state index contributed by atoms with van der Waals surface area (Å²) in [5.74, 6) is 0.872. The molecule has 0 atom stereocenters. The van der Waals surface area contributed by atoms with Crippen LogP contribution >= 0.6 is 12.6 Å². The standard InChI is InChI=1S/C15H14N2O5S2/c18-12(9-23)10-1-4-15(16-8-10)17-24(19,20)11-2-3-13-14(7-11)22-6-5-21-13/h1-4,7-8,23H,5-6,9H2,(H,16,17). The highest BCUT2D eigenvalue weighted by Crippen LogP contribution is 2.32. The van der Waals surface area contributed by atoms with Crippen molar-refractivity contribution in [2.24, 2.45) is 0 Å². The van der Waals surface area contributed by atoms with Gasteiger partial charge in [0, 0.05) is 17.8 Å². The summed E-state index contributed by atoms with van der Waals surface area (Å²) in [4.78, 5) is 15.5. The topological polar surface area (TPSA) is 94.6 Å². The molecule has 0 amide bonds. The number of nitrogens with one attached hydrogen (secondary N) is 1. The van der Waals surface area contributed by atoms with Gasteiger partial charge in [-0.05, 0) is 24.3 Å². The lowest BCUT2D eigenvalue weighted by molar-refractivity contribution is 0.102. The minimum absolute atomic E-state index is 0.0315. The number of carbonyl (C=O) groups is 1. The summed E-state index contributed by atoms with van der Waals surface area (Å²) in [5, 5.41) is 0. The van der Waals surface area contributed by atoms with E-state index in [-0.39, 0.29) is 22.2 Å². The van der Waals surface area contributed by atoms with Gasteiger partial charge in [-0.2, -0.15) is 12.6 Å². The van der Waals surface area contributed by atoms with Gasteiger partial charge in [-0.3, -0.25) is 9.52 Å². The van der Waals surface area contributed by atoms with Crippen LogP contribution in [0.25, 0.3) is 0 Å². The Balaban J connectivity index is 1.82. The number of Topliss-reactive ketones (excluding diaryl/α,β-unsaturated/α-hetero) is 1. The zero-order chi connectivity index (χ0) is 17.2. The van der Waals surface area contributed by atoms with Crippen LogP contribution in [-0.2, 0) is 10.0 Å². The molecule has 0 aliphatic carbocycles. The van der Waals surface area contributed by atoms with Crippen molar-refractivity contribution in [3.63, 3.8) is 0 Å². The molecule has 1 N–H and O–H groups in total. The number of hydrogen-bond donors (Lipinski definition) is 2. The second-order valence-corrected chi connectivity index (χ2v) is 6.92. The lowest BCUT2D eigenvalue weighted by atomic mass is 10.2. The highest BCUT2D eigenvalue weighted by Gasteiger charge is 2.20. The summed E-state index contributed by atoms with van der Waals surface area (Å²) in [6.07, 6.45) is 1.31. The van der Waals surface area contributed by atoms with E-state index < -0.39 is 10.0 Å². The molecular formula is C15H14N2O5S2. The maximum Gasteiger partial charge on any atom is 0.263 e. The molecule has 2 aromatic rings. The first-order valence-electron chi connectivity index (χ1n) is 7.02. The number of thiol groups is 1. The number of rotatable bonds is 5. The number of hydrogen-bond acceptors (Lipinski definition) is 7. The van der Waals surface area contributed by atoms with Crippen molar-refractivity contribution >= 4 is 34.3 Å². The Morgan fingerprint density at radius 2 is 1.92 bits per heavy atom. The zero-order valence-corrected chi connectivity index (χ0v) is 14.1. The molecule has 9 heteroatoms. The number of benzene rings is 1. The highest BCUT2D eigenvalue weighted by atomic mass is 32.2. The van der Waals surface area contributed by atoms with E-state index in [1.54, 1.807) is 6.07 Å². The summed E-state index contributed by atoms with van der Waals surface area (Å²) in [5.41, 5.74) is 0.368. The van der Waals surface area contributed by atoms with Crippen LogP contribution in [0.4, 0.5) is 5.82 Å². The van der Waals surface area contributed by atoms with Gasteiger partial charge in [0.2, 0.25) is 0 Å². The molecule has 24 heavy (non-hydrogen) atoms. The Morgan fingerprint density at radius 3 is 2.58 bits per heavy atom. The molecule has 0 fully saturated rings. The van der Waals surface area contributed by atoms with Crippen LogP contribution in [0, 0.1) is 0 Å². The Hall–Kier alpha value is -2.26. The van der Waals surface area contributed by atoms with Crippen LogP contribution < -0.4 is 14.2 Å². The lowest BCUT2D eigenvalue weighted by Gasteiger charge is -2.19. The van der Waals surface area contributed by atoms with E-state index >= 15 is 0 Å². The Kier molecular flexibility index (Phi) is 4.63. The molecular weight excluding hydrogens is 352 g/mol. The third-order valence-corrected chi connectivity index (χ3v) is 4.93. The fraction of sp³-hybridized carbons (Fsp3) is 0.200. The summed E-state index contributed by atoms with van der Waals surface area (Å²) in [6, 6.07) is 7.29. The van der Waals surface area contributed by atoms with Gasteiger partial charge in [0.15, 0.2) is 17.3 Å². The Bertz CT molecular complexity index is 866. The maximum atomic E-state index is 12.4. The van der Waals surface area contributed by atoms with E-state index in [1.807, 2.05) is 0 Å². The molecule has 1 aromatic heterocycles. The molecule has 0 bridgehead atoms. The van der Waals surface area contributed by atoms with Crippen LogP contribution in [0.5, 0.6) is 11.5 Å². The molecule has 0 unspecified atom stereocenters. The summed E-state index contributed by atoms with van der Waals surface area (Å²) >= 11 is 3.90. The highest BCUT2D eigenvalue weighted by molar-refractivity contribution is 7.92. The third kappa shape index (κ3) is 3.46. The molecule has 1 aromatic carbocycles. The number of anilines is 1. The monoisotopic (exact) mass is 366 g/mol. The van der Waals surface area contributed by atoms with E-state index in [9.17, 15) is 13.2 Å². The van der Waals surface area contributed by atoms with Crippen LogP contribution in [0.1, 0.15) is 10.4 Å². The first kappa shape index (κ1) is 16.6. The number of carbonyl (C=O) groups excluding carboxylic acids is 1. The fourth-order valence-electron chi connectivity index (χ4n) is 2.10. The van der Waals surface area contributed by atoms with E-state index in [0.29, 0.717) is 30.3 Å². The van der Waals surface area contributed by atoms with E-state index in [0.717, 1.165) is 0 Å². The van der Waals surface area contributed by atoms with Crippen molar-refractivity contribution < 1.29 is 22.7 Å². The largest absolute Gasteiger partial charge is 0.486 e. The van der Waals surface area contributed by atoms with Crippen molar-refractivity contribution in [3.8, 4) is 11.5 Å². The quantitative estimate of drug-likeness (QED) is 0.619. The number of aromatic nitrogens is 1. The summed E-state index contributed by atoms with van der Waals surface area (Å²) < 4.78 is 38.0. The van der Waals surface area contributed by atoms with Gasteiger partial charge in [-0.1, -0.05) is 0 Å². The number of ketones is 1. The smallest absolute Gasteiger partial charge is 0.263 e. The normalized spacial score (nSPS) is 13.4. The molecule has 126 valence electrons. The molecule has 0 saturated carbocycles. The fourth-order valence-corrected chi connectivity index (χ4v) is 3.30. The number of sulfonamides is 1. The van der Waals surface area contributed by atoms with E-state index in [2.05, 4.69) is 22.3 Å². The van der Waals surface area contributed by atoms with Gasteiger partial charge in [-0.15, -0.1) is 0 Å². The van der Waals surface area contributed by atoms with Crippen molar-refractivity contribution in [3.05, 3.63) is 42.1 Å². The average molecular weight is 366 g/mol. The van der Waals surface area contributed by atoms with Crippen molar-refractivity contribution in [2.75, 3.05) is 23.7 Å². The minimum Gasteiger partial charge on any atom is -0.486 e. The Morgan fingerprint density at radius 1 is 1.17 bits per heavy atom. The number of pyridine rings is 1. The predicted octanol–water partition coefficient (Wildman–Crippen LogP) is 1.77. The van der Waals surface area contributed by atoms with Crippen LogP contribution in [0.15, 0.2) is 41.4 Å². The molecule has 1 aliphatic heterocycles. The SMILES string of the molecule is O=C(CS)c1ccc(NS(=O)(=O)c2ccc3c(c2)OCCO3)nc1. The van der Waals surface area contributed by atoms with Crippen LogP contribution in [-0.4, -0.2) is 38.2 Å². The van der Waals surface area contributed by atoms with Crippen molar-refractivity contribution in [1.82, 2.24) is 4.98 Å². The molecule has 0 spiro atoms. The molecule has 2 heterocycles. The second-order valence-electron chi connectivity index (χ2n) is 4.92. The first-order chi connectivity index (χ1) is 11.5. The first-order valence-corrected chi connectivity index (χ1v) is 9.14.